The van der Waals surface area contributed by atoms with E-state index in [1.165, 1.54) is 79.6 Å². The molecule has 1 aliphatic carbocycles. The van der Waals surface area contributed by atoms with Gasteiger partial charge in [-0.1, -0.05) is 184 Å². The zero-order chi connectivity index (χ0) is 81.7. The van der Waals surface area contributed by atoms with Crippen molar-refractivity contribution in [3.8, 4) is 0 Å². The van der Waals surface area contributed by atoms with Crippen LogP contribution in [0.5, 0.6) is 0 Å². The fraction of sp³-hybridized carbons (Fsp3) is 0.480. The van der Waals surface area contributed by atoms with E-state index in [2.05, 4.69) is 340 Å². The first-order valence-electron chi connectivity index (χ1n) is 43.0. The minimum absolute atomic E-state index is 0.165. The van der Waals surface area contributed by atoms with E-state index in [1.54, 1.807) is 0 Å². The molecule has 10 aromatic rings. The van der Waals surface area contributed by atoms with Crippen LogP contribution in [0.25, 0.3) is 0 Å². The van der Waals surface area contributed by atoms with Crippen molar-refractivity contribution in [1.29, 1.82) is 0 Å². The molecule has 18 heteroatoms. The van der Waals surface area contributed by atoms with E-state index in [-0.39, 0.29) is 10.8 Å². The standard InChI is InChI=1S/C21H29N3.C20H28N4.C20H25N3.C20H27N3.C17H24N4O/c1-17-5-10-20(22-15-17)24-13-11-23(12-14-24)16-18-6-8-19(9-7-18)21(2,3)4;1-16-5-8-19(22-13-16)24-11-9-23(10-12-24)15-18-7-6-17(14-21-18)20(2,3)4;1-16-2-9-20(21-14-16)23-12-10-22(11-13-23)15-17-3-5-18(6-4-17)19-7-8-19;1-16(2)19-7-5-18(6-8-19)15-22-10-12-23(13-11-22)20-9-4-17(3)14-21-20;1-13(2)16-10-15(22-19-16)12-20-6-8-21(9-7-20)17-5-4-14(3)11-18-17/h5-10,15H,11-14,16H2,1-4H3;5-8,13-14H,9-12,15H2,1-4H3;2-6,9,14,19H,7-8,10-13,15H2,1H3;4-9,14,16H,10-13,15H2,1-3H3;4-5,10-11,13H,6-9,12H2,1-3H3. The largest absolute Gasteiger partial charge is 0.360 e. The predicted molar refractivity (Wildman–Crippen MR) is 480 cm³/mol. The molecule has 6 fully saturated rings. The molecule has 0 N–H and O–H groups in total. The molecule has 0 bridgehead atoms. The summed E-state index contributed by atoms with van der Waals surface area (Å²) in [6.07, 6.45) is 14.6. The molecule has 5 saturated heterocycles. The quantitative estimate of drug-likeness (QED) is 0.0805. The number of hydrogen-bond acceptors (Lipinski definition) is 18. The van der Waals surface area contributed by atoms with Gasteiger partial charge in [-0.2, -0.15) is 0 Å². The monoisotopic (exact) mass is 1560 g/mol. The average Bonchev–Trinajstić information content (AvgIpc) is 1.46. The Kier molecular flexibility index (Phi) is 30.5. The van der Waals surface area contributed by atoms with Crippen LogP contribution in [0.1, 0.15) is 184 Å². The van der Waals surface area contributed by atoms with Gasteiger partial charge in [0.1, 0.15) is 29.1 Å². The lowest BCUT2D eigenvalue weighted by Gasteiger charge is -2.35. The molecular formula is C98H133N17O. The molecule has 12 heterocycles. The van der Waals surface area contributed by atoms with Crippen molar-refractivity contribution < 1.29 is 4.52 Å². The van der Waals surface area contributed by atoms with Crippen LogP contribution in [0.15, 0.2) is 193 Å². The first-order chi connectivity index (χ1) is 55.8. The van der Waals surface area contributed by atoms with Crippen LogP contribution >= 0.6 is 0 Å². The van der Waals surface area contributed by atoms with Gasteiger partial charge < -0.3 is 29.0 Å². The lowest BCUT2D eigenvalue weighted by atomic mass is 9.87. The first kappa shape index (κ1) is 85.9. The van der Waals surface area contributed by atoms with E-state index >= 15 is 0 Å². The summed E-state index contributed by atoms with van der Waals surface area (Å²) in [7, 11) is 0. The molecule has 18 nitrogen and oxygen atoms in total. The van der Waals surface area contributed by atoms with Gasteiger partial charge in [-0.05, 0) is 179 Å². The predicted octanol–water partition coefficient (Wildman–Crippen LogP) is 17.7. The van der Waals surface area contributed by atoms with Crippen molar-refractivity contribution in [2.24, 2.45) is 0 Å². The van der Waals surface area contributed by atoms with Crippen LogP contribution in [0, 0.1) is 34.6 Å². The maximum atomic E-state index is 5.44. The van der Waals surface area contributed by atoms with Gasteiger partial charge in [-0.3, -0.25) is 29.5 Å². The van der Waals surface area contributed by atoms with E-state index < -0.39 is 0 Å². The lowest BCUT2D eigenvalue weighted by molar-refractivity contribution is 0.219. The molecule has 0 spiro atoms. The zero-order valence-electron chi connectivity index (χ0n) is 72.7. The number of nitrogens with zero attached hydrogens (tertiary/aromatic N) is 17. The van der Waals surface area contributed by atoms with Crippen molar-refractivity contribution in [2.45, 2.75) is 178 Å². The molecule has 1 saturated carbocycles. The second-order valence-corrected chi connectivity index (χ2v) is 35.8. The molecule has 3 aromatic carbocycles. The van der Waals surface area contributed by atoms with Crippen molar-refractivity contribution in [3.05, 3.63) is 273 Å². The number of benzene rings is 3. The van der Waals surface area contributed by atoms with Crippen LogP contribution in [-0.4, -0.2) is 190 Å². The van der Waals surface area contributed by atoms with Crippen LogP contribution in [0.3, 0.4) is 0 Å². The van der Waals surface area contributed by atoms with Crippen LogP contribution in [-0.2, 0) is 43.6 Å². The Morgan fingerprint density at radius 1 is 0.319 bits per heavy atom. The van der Waals surface area contributed by atoms with Crippen molar-refractivity contribution in [2.75, 3.05) is 155 Å². The molecule has 6 aliphatic rings. The Balaban J connectivity index is 0.000000134. The minimum atomic E-state index is 0.165. The van der Waals surface area contributed by atoms with Crippen LogP contribution in [0.2, 0.25) is 0 Å². The van der Waals surface area contributed by atoms with Crippen molar-refractivity contribution >= 4 is 29.1 Å². The summed E-state index contributed by atoms with van der Waals surface area (Å²) < 4.78 is 5.44. The van der Waals surface area contributed by atoms with E-state index in [0.29, 0.717) is 11.8 Å². The van der Waals surface area contributed by atoms with Crippen molar-refractivity contribution in [3.63, 3.8) is 0 Å². The summed E-state index contributed by atoms with van der Waals surface area (Å²) in [5.74, 6) is 8.34. The summed E-state index contributed by atoms with van der Waals surface area (Å²) >= 11 is 0. The summed E-state index contributed by atoms with van der Waals surface area (Å²) in [5.41, 5.74) is 18.6. The number of aryl methyl sites for hydroxylation is 5. The highest BCUT2D eigenvalue weighted by molar-refractivity contribution is 5.44. The Bertz CT molecular complexity index is 4270. The Morgan fingerprint density at radius 3 is 0.905 bits per heavy atom. The smallest absolute Gasteiger partial charge is 0.150 e. The van der Waals surface area contributed by atoms with E-state index in [0.717, 1.165) is 216 Å². The van der Waals surface area contributed by atoms with Gasteiger partial charge in [0.25, 0.3) is 0 Å². The topological polar surface area (TPSA) is 136 Å². The molecule has 16 rings (SSSR count). The normalized spacial score (nSPS) is 16.9. The Hall–Kier alpha value is -9.43. The highest BCUT2D eigenvalue weighted by Gasteiger charge is 2.27. The maximum Gasteiger partial charge on any atom is 0.150 e. The minimum Gasteiger partial charge on any atom is -0.360 e. The van der Waals surface area contributed by atoms with Gasteiger partial charge in [0.05, 0.1) is 17.9 Å². The van der Waals surface area contributed by atoms with Gasteiger partial charge in [0.2, 0.25) is 0 Å². The zero-order valence-corrected chi connectivity index (χ0v) is 72.7. The molecule has 7 aromatic heterocycles. The van der Waals surface area contributed by atoms with Gasteiger partial charge in [0, 0.05) is 200 Å². The number of pyridine rings is 6. The summed E-state index contributed by atoms with van der Waals surface area (Å²) in [6.45, 7) is 58.7. The van der Waals surface area contributed by atoms with Gasteiger partial charge in [0.15, 0.2) is 5.76 Å². The summed E-state index contributed by atoms with van der Waals surface area (Å²) in [5, 5.41) is 4.13. The number of piperazine rings is 5. The Labute approximate surface area is 695 Å². The van der Waals surface area contributed by atoms with Crippen molar-refractivity contribution in [1.82, 2.24) is 59.6 Å². The fourth-order valence-electron chi connectivity index (χ4n) is 15.2. The van der Waals surface area contributed by atoms with Gasteiger partial charge in [-0.25, -0.2) is 24.9 Å². The third-order valence-corrected chi connectivity index (χ3v) is 23.3. The highest BCUT2D eigenvalue weighted by Crippen LogP contribution is 2.40. The third-order valence-electron chi connectivity index (χ3n) is 23.3. The summed E-state index contributed by atoms with van der Waals surface area (Å²) in [4.78, 5) is 51.8. The molecule has 616 valence electrons. The molecule has 5 aliphatic heterocycles. The first-order valence-corrected chi connectivity index (χ1v) is 43.0. The lowest BCUT2D eigenvalue weighted by Crippen LogP contribution is -2.46. The molecule has 0 atom stereocenters. The van der Waals surface area contributed by atoms with Crippen LogP contribution < -0.4 is 24.5 Å². The van der Waals surface area contributed by atoms with Gasteiger partial charge >= 0.3 is 0 Å². The van der Waals surface area contributed by atoms with E-state index in [9.17, 15) is 0 Å². The molecule has 0 unspecified atom stereocenters. The fourth-order valence-corrected chi connectivity index (χ4v) is 15.2. The van der Waals surface area contributed by atoms with E-state index in [1.807, 2.05) is 37.2 Å². The number of hydrogen-bond donors (Lipinski definition) is 0. The molecule has 116 heavy (non-hydrogen) atoms. The third kappa shape index (κ3) is 26.3. The summed E-state index contributed by atoms with van der Waals surface area (Å²) in [6, 6.07) is 55.3. The number of rotatable bonds is 18. The second kappa shape index (κ2) is 41.1. The maximum absolute atomic E-state index is 5.44. The van der Waals surface area contributed by atoms with Gasteiger partial charge in [-0.15, -0.1) is 0 Å². The molecule has 0 radical (unpaired) electrons. The SMILES string of the molecule is Cc1ccc(N2CCN(Cc3cc(C(C)C)no3)CC2)nc1.Cc1ccc(N2CCN(Cc3ccc(C(C)(C)C)cc3)CC2)nc1.Cc1ccc(N2CCN(Cc3ccc(C(C)(C)C)cn3)CC2)nc1.Cc1ccc(N2CCN(Cc3ccc(C(C)C)cc3)CC2)nc1.Cc1ccc(N2CCN(Cc3ccc(C4CC4)cc3)CC2)nc1. The molecule has 0 amide bonds. The average molecular weight is 1570 g/mol. The molecular weight excluding hydrogens is 1430 g/mol. The number of aromatic nitrogens is 7. The highest BCUT2D eigenvalue weighted by atomic mass is 16.5. The van der Waals surface area contributed by atoms with E-state index in [4.69, 9.17) is 4.52 Å². The second-order valence-electron chi connectivity index (χ2n) is 35.8. The Morgan fingerprint density at radius 2 is 0.629 bits per heavy atom. The number of anilines is 5. The van der Waals surface area contributed by atoms with Crippen LogP contribution in [0.4, 0.5) is 29.1 Å².